The van der Waals surface area contributed by atoms with Crippen molar-refractivity contribution in [2.24, 2.45) is 5.16 Å². The van der Waals surface area contributed by atoms with Crippen molar-refractivity contribution < 1.29 is 27.5 Å². The molecule has 1 aromatic carbocycles. The maximum atomic E-state index is 12.2. The SMILES string of the molecule is Cc1c(ON=CCc2ccc(OC(F)(F)F)cc2)ncnc1OC1CCN(c2ncccn2)CC1. The lowest BCUT2D eigenvalue weighted by molar-refractivity contribution is -0.274. The van der Waals surface area contributed by atoms with Gasteiger partial charge >= 0.3 is 6.36 Å². The fraction of sp³-hybridized carbons (Fsp3) is 0.348. The third-order valence-corrected chi connectivity index (χ3v) is 5.24. The van der Waals surface area contributed by atoms with Crippen molar-refractivity contribution in [3.05, 3.63) is 60.2 Å². The van der Waals surface area contributed by atoms with E-state index >= 15 is 0 Å². The summed E-state index contributed by atoms with van der Waals surface area (Å²) >= 11 is 0. The zero-order valence-corrected chi connectivity index (χ0v) is 18.9. The molecule has 35 heavy (non-hydrogen) atoms. The van der Waals surface area contributed by atoms with Gasteiger partial charge in [0.1, 0.15) is 18.2 Å². The van der Waals surface area contributed by atoms with E-state index in [0.29, 0.717) is 23.8 Å². The predicted octanol–water partition coefficient (Wildman–Crippen LogP) is 4.13. The molecule has 1 fully saturated rings. The van der Waals surface area contributed by atoms with Gasteiger partial charge in [-0.05, 0) is 30.7 Å². The first-order chi connectivity index (χ1) is 16.9. The lowest BCUT2D eigenvalue weighted by Crippen LogP contribution is -2.39. The number of ether oxygens (including phenoxy) is 2. The van der Waals surface area contributed by atoms with Crippen molar-refractivity contribution in [2.75, 3.05) is 18.0 Å². The predicted molar refractivity (Wildman–Crippen MR) is 121 cm³/mol. The van der Waals surface area contributed by atoms with E-state index in [1.165, 1.54) is 36.8 Å². The van der Waals surface area contributed by atoms with Crippen LogP contribution in [-0.2, 0) is 6.42 Å². The van der Waals surface area contributed by atoms with Crippen molar-refractivity contribution in [2.45, 2.75) is 38.7 Å². The molecule has 3 heterocycles. The summed E-state index contributed by atoms with van der Waals surface area (Å²) in [4.78, 5) is 24.4. The third kappa shape index (κ3) is 7.01. The minimum absolute atomic E-state index is 0.00999. The lowest BCUT2D eigenvalue weighted by atomic mass is 10.1. The fourth-order valence-electron chi connectivity index (χ4n) is 3.47. The monoisotopic (exact) mass is 488 g/mol. The largest absolute Gasteiger partial charge is 0.573 e. The van der Waals surface area contributed by atoms with Gasteiger partial charge in [-0.25, -0.2) is 15.0 Å². The highest BCUT2D eigenvalue weighted by atomic mass is 19.4. The summed E-state index contributed by atoms with van der Waals surface area (Å²) in [7, 11) is 0. The van der Waals surface area contributed by atoms with Crippen LogP contribution in [0.1, 0.15) is 24.0 Å². The van der Waals surface area contributed by atoms with Gasteiger partial charge in [0, 0.05) is 51.0 Å². The molecule has 2 aromatic heterocycles. The van der Waals surface area contributed by atoms with Crippen LogP contribution in [0, 0.1) is 6.92 Å². The molecule has 4 rings (SSSR count). The van der Waals surface area contributed by atoms with Crippen molar-refractivity contribution in [3.63, 3.8) is 0 Å². The Morgan fingerprint density at radius 1 is 1.03 bits per heavy atom. The van der Waals surface area contributed by atoms with Gasteiger partial charge in [-0.2, -0.15) is 4.98 Å². The second kappa shape index (κ2) is 11.0. The summed E-state index contributed by atoms with van der Waals surface area (Å²) in [6, 6.07) is 7.31. The highest BCUT2D eigenvalue weighted by molar-refractivity contribution is 5.61. The van der Waals surface area contributed by atoms with Crippen molar-refractivity contribution in [1.29, 1.82) is 0 Å². The van der Waals surface area contributed by atoms with Crippen molar-refractivity contribution >= 4 is 12.2 Å². The number of aromatic nitrogens is 4. The molecule has 0 saturated carbocycles. The van der Waals surface area contributed by atoms with E-state index in [0.717, 1.165) is 31.5 Å². The molecule has 0 bridgehead atoms. The normalized spacial score (nSPS) is 14.8. The van der Waals surface area contributed by atoms with Gasteiger partial charge in [0.15, 0.2) is 0 Å². The molecule has 1 saturated heterocycles. The number of benzene rings is 1. The van der Waals surface area contributed by atoms with Crippen LogP contribution in [0.25, 0.3) is 0 Å². The van der Waals surface area contributed by atoms with E-state index in [1.54, 1.807) is 25.4 Å². The molecule has 0 radical (unpaired) electrons. The van der Waals surface area contributed by atoms with Gasteiger partial charge in [-0.3, -0.25) is 0 Å². The number of oxime groups is 1. The van der Waals surface area contributed by atoms with Gasteiger partial charge in [-0.1, -0.05) is 17.3 Å². The van der Waals surface area contributed by atoms with Gasteiger partial charge in [0.05, 0.1) is 5.56 Å². The lowest BCUT2D eigenvalue weighted by Gasteiger charge is -2.32. The van der Waals surface area contributed by atoms with E-state index in [4.69, 9.17) is 9.57 Å². The molecule has 0 atom stereocenters. The molecule has 0 N–H and O–H groups in total. The minimum atomic E-state index is -4.72. The highest BCUT2D eigenvalue weighted by Crippen LogP contribution is 2.26. The Balaban J connectivity index is 1.27. The summed E-state index contributed by atoms with van der Waals surface area (Å²) in [5.41, 5.74) is 1.36. The van der Waals surface area contributed by atoms with E-state index < -0.39 is 6.36 Å². The Kier molecular flexibility index (Phi) is 7.58. The van der Waals surface area contributed by atoms with E-state index in [-0.39, 0.29) is 17.7 Å². The Morgan fingerprint density at radius 2 is 1.71 bits per heavy atom. The number of piperidine rings is 1. The van der Waals surface area contributed by atoms with Crippen LogP contribution >= 0.6 is 0 Å². The maximum absolute atomic E-state index is 12.2. The number of alkyl halides is 3. The zero-order valence-electron chi connectivity index (χ0n) is 18.9. The number of anilines is 1. The third-order valence-electron chi connectivity index (χ3n) is 5.24. The fourth-order valence-corrected chi connectivity index (χ4v) is 3.47. The molecule has 184 valence electrons. The molecule has 1 aliphatic rings. The van der Waals surface area contributed by atoms with Crippen LogP contribution in [-0.4, -0.2) is 51.7 Å². The average Bonchev–Trinajstić information content (AvgIpc) is 2.85. The zero-order chi connectivity index (χ0) is 24.7. The maximum Gasteiger partial charge on any atom is 0.573 e. The van der Waals surface area contributed by atoms with Crippen molar-refractivity contribution in [1.82, 2.24) is 19.9 Å². The van der Waals surface area contributed by atoms with Crippen LogP contribution in [0.15, 0.2) is 54.2 Å². The van der Waals surface area contributed by atoms with E-state index in [9.17, 15) is 13.2 Å². The Morgan fingerprint density at radius 3 is 2.40 bits per heavy atom. The Bertz CT molecular complexity index is 1120. The van der Waals surface area contributed by atoms with Gasteiger partial charge in [0.2, 0.25) is 11.8 Å². The quantitative estimate of drug-likeness (QED) is 0.345. The molecule has 0 aliphatic carbocycles. The average molecular weight is 488 g/mol. The topological polar surface area (TPSA) is 94.8 Å². The van der Waals surface area contributed by atoms with E-state index in [2.05, 4.69) is 34.7 Å². The summed E-state index contributed by atoms with van der Waals surface area (Å²) in [5.74, 6) is 1.12. The summed E-state index contributed by atoms with van der Waals surface area (Å²) in [6.07, 6.45) is 3.50. The smallest absolute Gasteiger partial charge is 0.474 e. The number of halogens is 3. The second-order valence-electron chi connectivity index (χ2n) is 7.74. The number of rotatable bonds is 8. The van der Waals surface area contributed by atoms with Crippen molar-refractivity contribution in [3.8, 4) is 17.5 Å². The van der Waals surface area contributed by atoms with Crippen LogP contribution in [0.4, 0.5) is 19.1 Å². The standard InChI is InChI=1S/C23H23F3N6O3/c1-16-20(33-18-8-13-32(14-9-18)22-27-10-2-11-28-22)29-15-30-21(16)35-31-12-7-17-3-5-19(6-4-17)34-23(24,25)26/h2-6,10-12,15,18H,7-9,13-14H2,1H3. The highest BCUT2D eigenvalue weighted by Gasteiger charge is 2.31. The first-order valence-electron chi connectivity index (χ1n) is 10.9. The van der Waals surface area contributed by atoms with Gasteiger partial charge in [0.25, 0.3) is 5.88 Å². The molecule has 0 spiro atoms. The number of nitrogens with zero attached hydrogens (tertiary/aromatic N) is 6. The molecular weight excluding hydrogens is 465 g/mol. The van der Waals surface area contributed by atoms with Gasteiger partial charge in [-0.15, -0.1) is 13.2 Å². The Labute approximate surface area is 199 Å². The molecule has 0 amide bonds. The molecule has 1 aliphatic heterocycles. The van der Waals surface area contributed by atoms with E-state index in [1.807, 2.05) is 0 Å². The molecule has 12 heteroatoms. The number of hydrogen-bond donors (Lipinski definition) is 0. The number of hydrogen-bond acceptors (Lipinski definition) is 9. The first-order valence-corrected chi connectivity index (χ1v) is 10.9. The van der Waals surface area contributed by atoms with Crippen LogP contribution in [0.5, 0.6) is 17.5 Å². The minimum Gasteiger partial charge on any atom is -0.474 e. The van der Waals surface area contributed by atoms with Crippen LogP contribution < -0.4 is 19.2 Å². The molecule has 3 aromatic rings. The molecule has 0 unspecified atom stereocenters. The van der Waals surface area contributed by atoms with Gasteiger partial charge < -0.3 is 19.2 Å². The molecular formula is C23H23F3N6O3. The molecule has 9 nitrogen and oxygen atoms in total. The van der Waals surface area contributed by atoms with Crippen LogP contribution in [0.2, 0.25) is 0 Å². The Hall–Kier alpha value is -3.96. The first kappa shape index (κ1) is 24.2. The summed E-state index contributed by atoms with van der Waals surface area (Å²) in [6.45, 7) is 3.33. The summed E-state index contributed by atoms with van der Waals surface area (Å²) in [5, 5.41) is 3.91. The second-order valence-corrected chi connectivity index (χ2v) is 7.74. The summed E-state index contributed by atoms with van der Waals surface area (Å²) < 4.78 is 46.7. The van der Waals surface area contributed by atoms with Crippen LogP contribution in [0.3, 0.4) is 0 Å².